The number of aromatic carboxylic acids is 1. The van der Waals surface area contributed by atoms with Crippen molar-refractivity contribution in [3.63, 3.8) is 0 Å². The van der Waals surface area contributed by atoms with Crippen molar-refractivity contribution in [2.75, 3.05) is 10.7 Å². The number of carboxylic acids is 1. The number of carbonyl (C=O) groups excluding carboxylic acids is 1. The topological polar surface area (TPSA) is 77.8 Å². The van der Waals surface area contributed by atoms with E-state index in [0.717, 1.165) is 61.1 Å². The van der Waals surface area contributed by atoms with Crippen molar-refractivity contribution >= 4 is 40.7 Å². The minimum atomic E-state index is -0.881. The highest BCUT2D eigenvalue weighted by molar-refractivity contribution is 8.01. The van der Waals surface area contributed by atoms with E-state index in [9.17, 15) is 14.7 Å². The van der Waals surface area contributed by atoms with Crippen LogP contribution in [0.15, 0.2) is 36.4 Å². The summed E-state index contributed by atoms with van der Waals surface area (Å²) in [5.41, 5.74) is 1.78. The quantitative estimate of drug-likeness (QED) is 0.446. The zero-order valence-corrected chi connectivity index (χ0v) is 18.9. The lowest BCUT2D eigenvalue weighted by molar-refractivity contribution is -0.115. The highest BCUT2D eigenvalue weighted by atomic mass is 32.2. The van der Waals surface area contributed by atoms with Crippen LogP contribution in [0, 0.1) is 0 Å². The van der Waals surface area contributed by atoms with E-state index < -0.39 is 12.1 Å². The molecule has 3 rings (SSSR count). The van der Waals surface area contributed by atoms with E-state index in [1.165, 1.54) is 11.3 Å². The van der Waals surface area contributed by atoms with E-state index in [1.54, 1.807) is 17.8 Å². The molecule has 0 aliphatic carbocycles. The zero-order chi connectivity index (χ0) is 21.5. The van der Waals surface area contributed by atoms with E-state index in [-0.39, 0.29) is 11.3 Å². The molecule has 1 aliphatic heterocycles. The van der Waals surface area contributed by atoms with Crippen LogP contribution in [0.25, 0.3) is 0 Å². The number of carboxylic acid groups (broad SMARTS) is 1. The molecular formula is C23H29NO4S2. The summed E-state index contributed by atoms with van der Waals surface area (Å²) < 4.78 is 0. The molecule has 0 radical (unpaired) electrons. The second kappa shape index (κ2) is 11.0. The van der Waals surface area contributed by atoms with Crippen molar-refractivity contribution in [1.29, 1.82) is 0 Å². The van der Waals surface area contributed by atoms with Crippen LogP contribution in [-0.2, 0) is 11.2 Å². The first-order valence-corrected chi connectivity index (χ1v) is 12.4. The first-order valence-electron chi connectivity index (χ1n) is 10.5. The van der Waals surface area contributed by atoms with Crippen LogP contribution in [0.3, 0.4) is 0 Å². The Morgan fingerprint density at radius 1 is 1.17 bits per heavy atom. The van der Waals surface area contributed by atoms with Crippen molar-refractivity contribution in [3.05, 3.63) is 51.7 Å². The lowest BCUT2D eigenvalue weighted by Crippen LogP contribution is -2.32. The number of carbonyl (C=O) groups is 2. The summed E-state index contributed by atoms with van der Waals surface area (Å²) in [6.07, 6.45) is 6.16. The second-order valence-corrected chi connectivity index (χ2v) is 9.93. The van der Waals surface area contributed by atoms with E-state index in [0.29, 0.717) is 10.6 Å². The fourth-order valence-corrected chi connectivity index (χ4v) is 5.77. The molecule has 2 aromatic rings. The summed E-state index contributed by atoms with van der Waals surface area (Å²) in [6.45, 7) is 2.15. The van der Waals surface area contributed by atoms with E-state index in [2.05, 4.69) is 6.92 Å². The summed E-state index contributed by atoms with van der Waals surface area (Å²) in [4.78, 5) is 26.8. The Morgan fingerprint density at radius 2 is 1.93 bits per heavy atom. The molecule has 2 atom stereocenters. The Kier molecular flexibility index (Phi) is 8.36. The standard InChI is InChI=1S/C23H29NO4S2/c1-2-3-4-7-19(25)16-9-11-17(12-10-16)24-21(26)15-29-22(24)8-5-6-18-13-14-20(30-18)23(27)28/h9-14,19,22,25H,2-8,15H2,1H3,(H,27,28). The lowest BCUT2D eigenvalue weighted by atomic mass is 10.0. The molecule has 5 nitrogen and oxygen atoms in total. The molecule has 30 heavy (non-hydrogen) atoms. The molecule has 1 aromatic carbocycles. The zero-order valence-electron chi connectivity index (χ0n) is 17.3. The van der Waals surface area contributed by atoms with Crippen molar-refractivity contribution in [2.24, 2.45) is 0 Å². The van der Waals surface area contributed by atoms with Gasteiger partial charge in [-0.15, -0.1) is 23.1 Å². The van der Waals surface area contributed by atoms with E-state index >= 15 is 0 Å². The molecule has 1 amide bonds. The van der Waals surface area contributed by atoms with Gasteiger partial charge in [0.05, 0.1) is 17.2 Å². The summed E-state index contributed by atoms with van der Waals surface area (Å²) in [5.74, 6) is -0.285. The monoisotopic (exact) mass is 447 g/mol. The van der Waals surface area contributed by atoms with Gasteiger partial charge in [-0.2, -0.15) is 0 Å². The number of amides is 1. The third-order valence-corrected chi connectivity index (χ3v) is 7.72. The van der Waals surface area contributed by atoms with Gasteiger partial charge in [-0.3, -0.25) is 9.69 Å². The molecule has 0 spiro atoms. The Bertz CT molecular complexity index is 849. The molecule has 1 aromatic heterocycles. The number of hydrogen-bond acceptors (Lipinski definition) is 5. The maximum absolute atomic E-state index is 12.5. The predicted octanol–water partition coefficient (Wildman–Crippen LogP) is 5.49. The van der Waals surface area contributed by atoms with Gasteiger partial charge in [-0.1, -0.05) is 38.3 Å². The first kappa shape index (κ1) is 22.8. The molecule has 1 saturated heterocycles. The van der Waals surface area contributed by atoms with Crippen molar-refractivity contribution in [1.82, 2.24) is 0 Å². The number of anilines is 1. The van der Waals surface area contributed by atoms with E-state index in [4.69, 9.17) is 5.11 Å². The number of unbranched alkanes of at least 4 members (excludes halogenated alkanes) is 2. The minimum Gasteiger partial charge on any atom is -0.477 e. The van der Waals surface area contributed by atoms with Gasteiger partial charge in [0.1, 0.15) is 4.88 Å². The molecule has 0 bridgehead atoms. The normalized spacial score (nSPS) is 17.5. The summed E-state index contributed by atoms with van der Waals surface area (Å²) in [6, 6.07) is 11.3. The van der Waals surface area contributed by atoms with Gasteiger partial charge in [-0.05, 0) is 55.5 Å². The molecule has 2 unspecified atom stereocenters. The summed E-state index contributed by atoms with van der Waals surface area (Å²) in [5, 5.41) is 19.5. The number of aliphatic hydroxyl groups excluding tert-OH is 1. The van der Waals surface area contributed by atoms with Gasteiger partial charge in [0, 0.05) is 10.6 Å². The van der Waals surface area contributed by atoms with Crippen LogP contribution in [0.4, 0.5) is 5.69 Å². The minimum absolute atomic E-state index is 0.0942. The van der Waals surface area contributed by atoms with Crippen molar-refractivity contribution in [2.45, 2.75) is 63.3 Å². The molecular weight excluding hydrogens is 418 g/mol. The molecule has 2 heterocycles. The number of aliphatic hydroxyl groups is 1. The fraction of sp³-hybridized carbons (Fsp3) is 0.478. The Balaban J connectivity index is 1.56. The van der Waals surface area contributed by atoms with Crippen LogP contribution >= 0.6 is 23.1 Å². The largest absolute Gasteiger partial charge is 0.477 e. The van der Waals surface area contributed by atoms with Crippen LogP contribution in [-0.4, -0.2) is 33.2 Å². The molecule has 1 fully saturated rings. The maximum Gasteiger partial charge on any atom is 0.345 e. The number of hydrogen-bond donors (Lipinski definition) is 2. The second-order valence-electron chi connectivity index (χ2n) is 7.60. The van der Waals surface area contributed by atoms with Crippen LogP contribution in [0.2, 0.25) is 0 Å². The average molecular weight is 448 g/mol. The highest BCUT2D eigenvalue weighted by Crippen LogP contribution is 2.34. The predicted molar refractivity (Wildman–Crippen MR) is 123 cm³/mol. The van der Waals surface area contributed by atoms with Gasteiger partial charge < -0.3 is 10.2 Å². The van der Waals surface area contributed by atoms with Gasteiger partial charge in [0.2, 0.25) is 5.91 Å². The van der Waals surface area contributed by atoms with Crippen LogP contribution < -0.4 is 4.90 Å². The number of rotatable bonds is 11. The number of nitrogens with zero attached hydrogens (tertiary/aromatic N) is 1. The van der Waals surface area contributed by atoms with Crippen molar-refractivity contribution in [3.8, 4) is 0 Å². The Morgan fingerprint density at radius 3 is 2.60 bits per heavy atom. The first-order chi connectivity index (χ1) is 14.5. The molecule has 0 saturated carbocycles. The average Bonchev–Trinajstić information content (AvgIpc) is 3.35. The smallest absolute Gasteiger partial charge is 0.345 e. The lowest BCUT2D eigenvalue weighted by Gasteiger charge is -2.24. The Hall–Kier alpha value is -1.83. The number of aryl methyl sites for hydroxylation is 1. The van der Waals surface area contributed by atoms with Crippen LogP contribution in [0.5, 0.6) is 0 Å². The van der Waals surface area contributed by atoms with Gasteiger partial charge in [-0.25, -0.2) is 4.79 Å². The molecule has 7 heteroatoms. The summed E-state index contributed by atoms with van der Waals surface area (Å²) in [7, 11) is 0. The summed E-state index contributed by atoms with van der Waals surface area (Å²) >= 11 is 2.98. The number of benzene rings is 1. The molecule has 1 aliphatic rings. The molecule has 162 valence electrons. The molecule has 2 N–H and O–H groups in total. The third kappa shape index (κ3) is 5.86. The fourth-order valence-electron chi connectivity index (χ4n) is 3.68. The number of thiophene rings is 1. The van der Waals surface area contributed by atoms with Gasteiger partial charge in [0.25, 0.3) is 0 Å². The Labute approximate surface area is 186 Å². The number of thioether (sulfide) groups is 1. The van der Waals surface area contributed by atoms with Crippen molar-refractivity contribution < 1.29 is 19.8 Å². The van der Waals surface area contributed by atoms with Gasteiger partial charge >= 0.3 is 5.97 Å². The third-order valence-electron chi connectivity index (χ3n) is 5.34. The van der Waals surface area contributed by atoms with E-state index in [1.807, 2.05) is 35.2 Å². The van der Waals surface area contributed by atoms with Crippen LogP contribution in [0.1, 0.15) is 71.7 Å². The maximum atomic E-state index is 12.5. The highest BCUT2D eigenvalue weighted by Gasteiger charge is 2.32. The van der Waals surface area contributed by atoms with Gasteiger partial charge in [0.15, 0.2) is 0 Å². The SMILES string of the molecule is CCCCCC(O)c1ccc(N2C(=O)CSC2CCCc2ccc(C(=O)O)s2)cc1.